The van der Waals surface area contributed by atoms with E-state index in [2.05, 4.69) is 15.6 Å². The van der Waals surface area contributed by atoms with E-state index in [4.69, 9.17) is 0 Å². The molecule has 2 N–H and O–H groups in total. The number of thiophene rings is 1. The van der Waals surface area contributed by atoms with Crippen molar-refractivity contribution in [1.29, 1.82) is 0 Å². The van der Waals surface area contributed by atoms with Crippen molar-refractivity contribution in [2.45, 2.75) is 13.5 Å². The van der Waals surface area contributed by atoms with Crippen LogP contribution in [-0.2, 0) is 6.54 Å². The van der Waals surface area contributed by atoms with Crippen molar-refractivity contribution in [1.82, 2.24) is 4.98 Å². The molecule has 0 aliphatic carbocycles. The van der Waals surface area contributed by atoms with Crippen molar-refractivity contribution in [3.05, 3.63) is 39.6 Å². The van der Waals surface area contributed by atoms with E-state index in [-0.39, 0.29) is 11.6 Å². The summed E-state index contributed by atoms with van der Waals surface area (Å²) in [5, 5.41) is 7.43. The number of nitrogens with zero attached hydrogens (tertiary/aromatic N) is 1. The number of aryl methyl sites for hydroxylation is 1. The molecule has 0 aliphatic heterocycles. The maximum absolute atomic E-state index is 13.5. The molecule has 2 rings (SSSR count). The minimum absolute atomic E-state index is 0.0294. The first-order valence-electron chi connectivity index (χ1n) is 5.42. The van der Waals surface area contributed by atoms with Crippen molar-refractivity contribution in [3.8, 4) is 0 Å². The van der Waals surface area contributed by atoms with Gasteiger partial charge in [0.05, 0.1) is 6.54 Å². The lowest BCUT2D eigenvalue weighted by atomic mass is 10.3. The molecule has 3 nitrogen and oxygen atoms in total. The maximum atomic E-state index is 13.5. The van der Waals surface area contributed by atoms with Crippen LogP contribution < -0.4 is 10.6 Å². The Morgan fingerprint density at radius 2 is 2.00 bits per heavy atom. The van der Waals surface area contributed by atoms with Crippen LogP contribution in [0.25, 0.3) is 0 Å². The molecule has 96 valence electrons. The molecule has 2 aromatic heterocycles. The van der Waals surface area contributed by atoms with E-state index >= 15 is 0 Å². The molecule has 2 aromatic rings. The lowest BCUT2D eigenvalue weighted by molar-refractivity contribution is 0.578. The van der Waals surface area contributed by atoms with Crippen LogP contribution in [-0.4, -0.2) is 12.0 Å². The summed E-state index contributed by atoms with van der Waals surface area (Å²) in [5.74, 6) is -1.32. The predicted octanol–water partition coefficient (Wildman–Crippen LogP) is 3.38. The van der Waals surface area contributed by atoms with Crippen molar-refractivity contribution in [2.75, 3.05) is 17.7 Å². The summed E-state index contributed by atoms with van der Waals surface area (Å²) in [5.41, 5.74) is 1.14. The third-order valence-corrected chi connectivity index (χ3v) is 3.57. The van der Waals surface area contributed by atoms with Gasteiger partial charge in [0.1, 0.15) is 0 Å². The Morgan fingerprint density at radius 1 is 1.28 bits per heavy atom. The molecule has 0 aliphatic rings. The zero-order valence-corrected chi connectivity index (χ0v) is 10.9. The topological polar surface area (TPSA) is 37.0 Å². The van der Waals surface area contributed by atoms with Crippen LogP contribution in [0.3, 0.4) is 0 Å². The van der Waals surface area contributed by atoms with E-state index < -0.39 is 11.6 Å². The third kappa shape index (κ3) is 2.59. The third-order valence-electron chi connectivity index (χ3n) is 2.55. The number of halogens is 2. The van der Waals surface area contributed by atoms with Crippen LogP contribution in [0.4, 0.5) is 20.4 Å². The van der Waals surface area contributed by atoms with Gasteiger partial charge in [0.2, 0.25) is 0 Å². The minimum atomic E-state index is -0.701. The zero-order chi connectivity index (χ0) is 13.1. The van der Waals surface area contributed by atoms with Gasteiger partial charge in [-0.2, -0.15) is 0 Å². The molecule has 0 unspecified atom stereocenters. The summed E-state index contributed by atoms with van der Waals surface area (Å²) in [6.45, 7) is 2.46. The molecule has 6 heteroatoms. The molecular formula is C12H13F2N3S. The number of rotatable bonds is 4. The van der Waals surface area contributed by atoms with Crippen LogP contribution in [0, 0.1) is 18.6 Å². The average Bonchev–Trinajstić information content (AvgIpc) is 2.74. The lowest BCUT2D eigenvalue weighted by Crippen LogP contribution is -2.06. The molecule has 2 heterocycles. The van der Waals surface area contributed by atoms with Gasteiger partial charge in [0.15, 0.2) is 23.3 Å². The second-order valence-corrected chi connectivity index (χ2v) is 4.78. The monoisotopic (exact) mass is 269 g/mol. The molecule has 0 amide bonds. The summed E-state index contributed by atoms with van der Waals surface area (Å²) in [6.07, 6.45) is 0. The van der Waals surface area contributed by atoms with Crippen LogP contribution >= 0.6 is 11.3 Å². The van der Waals surface area contributed by atoms with Gasteiger partial charge >= 0.3 is 0 Å². The van der Waals surface area contributed by atoms with Gasteiger partial charge in [0.25, 0.3) is 0 Å². The smallest absolute Gasteiger partial charge is 0.168 e. The molecule has 0 fully saturated rings. The fraction of sp³-hybridized carbons (Fsp3) is 0.250. The molecule has 0 bridgehead atoms. The number of anilines is 2. The SMILES string of the molecule is CNc1nc(NCc2sccc2C)c(F)cc1F. The van der Waals surface area contributed by atoms with Gasteiger partial charge in [-0.15, -0.1) is 11.3 Å². The highest BCUT2D eigenvalue weighted by atomic mass is 32.1. The van der Waals surface area contributed by atoms with Crippen molar-refractivity contribution >= 4 is 23.0 Å². The van der Waals surface area contributed by atoms with Crippen LogP contribution in [0.5, 0.6) is 0 Å². The van der Waals surface area contributed by atoms with Gasteiger partial charge in [-0.05, 0) is 23.9 Å². The van der Waals surface area contributed by atoms with Crippen LogP contribution in [0.1, 0.15) is 10.4 Å². The molecule has 0 radical (unpaired) electrons. The molecule has 18 heavy (non-hydrogen) atoms. The van der Waals surface area contributed by atoms with Crippen molar-refractivity contribution < 1.29 is 8.78 Å². The first kappa shape index (κ1) is 12.8. The van der Waals surface area contributed by atoms with E-state index in [1.807, 2.05) is 18.4 Å². The Labute approximate surface area is 108 Å². The summed E-state index contributed by atoms with van der Waals surface area (Å²) >= 11 is 1.59. The second kappa shape index (κ2) is 5.30. The second-order valence-electron chi connectivity index (χ2n) is 3.78. The van der Waals surface area contributed by atoms with E-state index in [0.717, 1.165) is 16.5 Å². The van der Waals surface area contributed by atoms with Gasteiger partial charge in [-0.25, -0.2) is 13.8 Å². The Hall–Kier alpha value is -1.69. The average molecular weight is 269 g/mol. The largest absolute Gasteiger partial charge is 0.371 e. The van der Waals surface area contributed by atoms with Gasteiger partial charge in [0, 0.05) is 18.0 Å². The molecule has 0 spiro atoms. The van der Waals surface area contributed by atoms with E-state index in [1.54, 1.807) is 11.3 Å². The standard InChI is InChI=1S/C12H13F2N3S/c1-7-3-4-18-10(7)6-16-12-9(14)5-8(13)11(15-2)17-12/h3-5H,6H2,1-2H3,(H2,15,16,17). The highest BCUT2D eigenvalue weighted by Gasteiger charge is 2.11. The van der Waals surface area contributed by atoms with Gasteiger partial charge < -0.3 is 10.6 Å². The highest BCUT2D eigenvalue weighted by Crippen LogP contribution is 2.21. The number of pyridine rings is 1. The highest BCUT2D eigenvalue weighted by molar-refractivity contribution is 7.10. The van der Waals surface area contributed by atoms with Crippen LogP contribution in [0.2, 0.25) is 0 Å². The molecule has 0 atom stereocenters. The first-order valence-corrected chi connectivity index (χ1v) is 6.30. The van der Waals surface area contributed by atoms with E-state index in [0.29, 0.717) is 6.54 Å². The Kier molecular flexibility index (Phi) is 3.76. The Morgan fingerprint density at radius 3 is 2.61 bits per heavy atom. The number of hydrogen-bond donors (Lipinski definition) is 2. The summed E-state index contributed by atoms with van der Waals surface area (Å²) in [7, 11) is 1.54. The Balaban J connectivity index is 2.16. The zero-order valence-electron chi connectivity index (χ0n) is 10.1. The fourth-order valence-corrected chi connectivity index (χ4v) is 2.36. The van der Waals surface area contributed by atoms with E-state index in [9.17, 15) is 8.78 Å². The normalized spacial score (nSPS) is 10.4. The fourth-order valence-electron chi connectivity index (χ4n) is 1.52. The summed E-state index contributed by atoms with van der Waals surface area (Å²) in [4.78, 5) is 4.96. The maximum Gasteiger partial charge on any atom is 0.168 e. The lowest BCUT2D eigenvalue weighted by Gasteiger charge is -2.09. The quantitative estimate of drug-likeness (QED) is 0.893. The molecule has 0 saturated carbocycles. The Bertz CT molecular complexity index is 554. The molecule has 0 saturated heterocycles. The first-order chi connectivity index (χ1) is 8.61. The van der Waals surface area contributed by atoms with Gasteiger partial charge in [-0.1, -0.05) is 0 Å². The summed E-state index contributed by atoms with van der Waals surface area (Å²) in [6, 6.07) is 2.82. The van der Waals surface area contributed by atoms with Crippen molar-refractivity contribution in [3.63, 3.8) is 0 Å². The van der Waals surface area contributed by atoms with Crippen LogP contribution in [0.15, 0.2) is 17.5 Å². The predicted molar refractivity (Wildman–Crippen MR) is 70.1 cm³/mol. The number of aromatic nitrogens is 1. The van der Waals surface area contributed by atoms with Gasteiger partial charge in [-0.3, -0.25) is 0 Å². The molecule has 0 aromatic carbocycles. The van der Waals surface area contributed by atoms with E-state index in [1.165, 1.54) is 7.05 Å². The number of nitrogens with one attached hydrogen (secondary N) is 2. The minimum Gasteiger partial charge on any atom is -0.371 e. The number of hydrogen-bond acceptors (Lipinski definition) is 4. The van der Waals surface area contributed by atoms with Crippen molar-refractivity contribution in [2.24, 2.45) is 0 Å². The molecular weight excluding hydrogens is 256 g/mol. The summed E-state index contributed by atoms with van der Waals surface area (Å²) < 4.78 is 26.7.